The highest BCUT2D eigenvalue weighted by Crippen LogP contribution is 2.34. The number of hydrogen-bond acceptors (Lipinski definition) is 5. The molecule has 29 heavy (non-hydrogen) atoms. The fourth-order valence-electron chi connectivity index (χ4n) is 3.61. The van der Waals surface area contributed by atoms with Gasteiger partial charge in [-0.2, -0.15) is 4.31 Å². The molecule has 3 aromatic rings. The number of nitrogens with one attached hydrogen (secondary N) is 2. The van der Waals surface area contributed by atoms with Gasteiger partial charge in [-0.15, -0.1) is 12.4 Å². The van der Waals surface area contributed by atoms with Crippen LogP contribution in [0, 0.1) is 0 Å². The van der Waals surface area contributed by atoms with Gasteiger partial charge in [0.15, 0.2) is 0 Å². The number of aromatic amines is 1. The van der Waals surface area contributed by atoms with Gasteiger partial charge in [0.2, 0.25) is 15.6 Å². The first-order valence-electron chi connectivity index (χ1n) is 8.99. The summed E-state index contributed by atoms with van der Waals surface area (Å²) < 4.78 is 33.9. The van der Waals surface area contributed by atoms with E-state index in [-0.39, 0.29) is 28.9 Å². The van der Waals surface area contributed by atoms with Crippen molar-refractivity contribution in [1.29, 1.82) is 0 Å². The van der Waals surface area contributed by atoms with Crippen LogP contribution in [0.25, 0.3) is 10.9 Å². The van der Waals surface area contributed by atoms with Crippen LogP contribution in [0.3, 0.4) is 0 Å². The van der Waals surface area contributed by atoms with Crippen molar-refractivity contribution >= 4 is 33.3 Å². The molecule has 1 atom stereocenters. The zero-order chi connectivity index (χ0) is 19.7. The number of methoxy groups -OCH3 is 1. The van der Waals surface area contributed by atoms with Crippen molar-refractivity contribution in [2.45, 2.75) is 10.9 Å². The number of H-pyrrole nitrogens is 1. The molecule has 0 aliphatic carbocycles. The van der Waals surface area contributed by atoms with Gasteiger partial charge in [0.05, 0.1) is 18.0 Å². The maximum atomic E-state index is 13.5. The van der Waals surface area contributed by atoms with Gasteiger partial charge < -0.3 is 15.0 Å². The van der Waals surface area contributed by atoms with E-state index < -0.39 is 10.0 Å². The minimum atomic E-state index is -3.74. The summed E-state index contributed by atoms with van der Waals surface area (Å²) in [6.45, 7) is 1.43. The van der Waals surface area contributed by atoms with Gasteiger partial charge in [-0.05, 0) is 35.7 Å². The molecule has 1 aromatic heterocycles. The highest BCUT2D eigenvalue weighted by molar-refractivity contribution is 7.89. The minimum absolute atomic E-state index is 0. The number of aromatic nitrogens is 1. The van der Waals surface area contributed by atoms with Crippen LogP contribution < -0.4 is 15.6 Å². The van der Waals surface area contributed by atoms with Gasteiger partial charge in [0.25, 0.3) is 0 Å². The van der Waals surface area contributed by atoms with E-state index in [0.717, 1.165) is 5.56 Å². The number of halogens is 1. The first-order valence-corrected chi connectivity index (χ1v) is 10.4. The Morgan fingerprint density at radius 1 is 1.10 bits per heavy atom. The lowest BCUT2D eigenvalue weighted by Crippen LogP contribution is -2.48. The van der Waals surface area contributed by atoms with Crippen LogP contribution in [0.4, 0.5) is 0 Å². The highest BCUT2D eigenvalue weighted by Gasteiger charge is 2.35. The number of nitrogens with zero attached hydrogens (tertiary/aromatic N) is 1. The predicted octanol–water partition coefficient (Wildman–Crippen LogP) is 2.29. The molecule has 0 spiro atoms. The second-order valence-corrected chi connectivity index (χ2v) is 8.54. The van der Waals surface area contributed by atoms with E-state index in [1.807, 2.05) is 24.3 Å². The van der Waals surface area contributed by atoms with E-state index in [1.54, 1.807) is 25.3 Å². The van der Waals surface area contributed by atoms with Gasteiger partial charge in [-0.25, -0.2) is 8.42 Å². The monoisotopic (exact) mass is 435 g/mol. The van der Waals surface area contributed by atoms with Gasteiger partial charge in [0.1, 0.15) is 5.75 Å². The molecule has 2 N–H and O–H groups in total. The molecule has 1 saturated heterocycles. The zero-order valence-electron chi connectivity index (χ0n) is 15.8. The molecular weight excluding hydrogens is 414 g/mol. The number of hydrogen-bond donors (Lipinski definition) is 2. The largest absolute Gasteiger partial charge is 0.496 e. The Morgan fingerprint density at radius 2 is 1.90 bits per heavy atom. The molecule has 7 nitrogen and oxygen atoms in total. The summed E-state index contributed by atoms with van der Waals surface area (Å²) in [5.74, 6) is 0.660. The van der Waals surface area contributed by atoms with Crippen LogP contribution in [0.1, 0.15) is 11.6 Å². The van der Waals surface area contributed by atoms with E-state index >= 15 is 0 Å². The van der Waals surface area contributed by atoms with Crippen LogP contribution in [0.2, 0.25) is 0 Å². The third kappa shape index (κ3) is 4.02. The van der Waals surface area contributed by atoms with Crippen molar-refractivity contribution in [2.24, 2.45) is 0 Å². The van der Waals surface area contributed by atoms with Crippen LogP contribution in [-0.4, -0.2) is 44.5 Å². The molecule has 0 bridgehead atoms. The maximum absolute atomic E-state index is 13.5. The van der Waals surface area contributed by atoms with Crippen molar-refractivity contribution in [3.05, 3.63) is 70.5 Å². The molecule has 2 heterocycles. The summed E-state index contributed by atoms with van der Waals surface area (Å²) >= 11 is 0. The average molecular weight is 436 g/mol. The Hall–Kier alpha value is -2.39. The molecule has 9 heteroatoms. The Balaban J connectivity index is 0.00000240. The van der Waals surface area contributed by atoms with Gasteiger partial charge in [0, 0.05) is 36.8 Å². The van der Waals surface area contributed by atoms with Crippen LogP contribution in [0.5, 0.6) is 5.75 Å². The van der Waals surface area contributed by atoms with Gasteiger partial charge in [-0.1, -0.05) is 18.2 Å². The van der Waals surface area contributed by atoms with E-state index in [4.69, 9.17) is 4.74 Å². The van der Waals surface area contributed by atoms with Crippen molar-refractivity contribution in [3.8, 4) is 5.75 Å². The number of rotatable bonds is 4. The molecule has 2 aromatic carbocycles. The maximum Gasteiger partial charge on any atom is 0.248 e. The van der Waals surface area contributed by atoms with E-state index in [0.29, 0.717) is 36.3 Å². The Labute approximate surface area is 175 Å². The summed E-state index contributed by atoms with van der Waals surface area (Å²) in [6, 6.07) is 14.9. The molecule has 1 aliphatic heterocycles. The zero-order valence-corrected chi connectivity index (χ0v) is 17.4. The molecule has 1 unspecified atom stereocenters. The normalized spacial score (nSPS) is 17.6. The predicted molar refractivity (Wildman–Crippen MR) is 114 cm³/mol. The van der Waals surface area contributed by atoms with Gasteiger partial charge in [-0.3, -0.25) is 4.79 Å². The highest BCUT2D eigenvalue weighted by atomic mass is 35.5. The average Bonchev–Trinajstić information content (AvgIpc) is 2.73. The first-order chi connectivity index (χ1) is 13.5. The number of fused-ring (bicyclic) bond motifs is 1. The van der Waals surface area contributed by atoms with E-state index in [9.17, 15) is 13.2 Å². The molecule has 4 rings (SSSR count). The number of para-hydroxylation sites is 1. The lowest BCUT2D eigenvalue weighted by Gasteiger charge is -2.36. The third-order valence-electron chi connectivity index (χ3n) is 4.99. The molecular formula is C20H22ClN3O4S. The van der Waals surface area contributed by atoms with Crippen molar-refractivity contribution in [2.75, 3.05) is 26.7 Å². The quantitative estimate of drug-likeness (QED) is 0.656. The Bertz CT molecular complexity index is 1180. The summed E-state index contributed by atoms with van der Waals surface area (Å²) in [5, 5.41) is 3.94. The lowest BCUT2D eigenvalue weighted by molar-refractivity contribution is 0.264. The smallest absolute Gasteiger partial charge is 0.248 e. The minimum Gasteiger partial charge on any atom is -0.496 e. The van der Waals surface area contributed by atoms with Crippen molar-refractivity contribution in [1.82, 2.24) is 14.6 Å². The van der Waals surface area contributed by atoms with E-state index in [1.165, 1.54) is 16.4 Å². The summed E-state index contributed by atoms with van der Waals surface area (Å²) in [7, 11) is -2.16. The van der Waals surface area contributed by atoms with E-state index in [2.05, 4.69) is 10.3 Å². The summed E-state index contributed by atoms with van der Waals surface area (Å²) in [5.41, 5.74) is 1.21. The number of sulfonamides is 1. The van der Waals surface area contributed by atoms with Crippen LogP contribution in [0.15, 0.2) is 64.3 Å². The SMILES string of the molecule is COc1ccccc1C1CNCCN1S(=O)(=O)c1ccc2[nH]c(=O)ccc2c1.Cl. The Morgan fingerprint density at radius 3 is 2.69 bits per heavy atom. The molecule has 1 aliphatic rings. The fourth-order valence-corrected chi connectivity index (χ4v) is 5.25. The first kappa shape index (κ1) is 21.3. The second kappa shape index (κ2) is 8.54. The van der Waals surface area contributed by atoms with Crippen LogP contribution in [-0.2, 0) is 10.0 Å². The topological polar surface area (TPSA) is 91.5 Å². The summed E-state index contributed by atoms with van der Waals surface area (Å²) in [6.07, 6.45) is 0. The molecule has 154 valence electrons. The van der Waals surface area contributed by atoms with Gasteiger partial charge >= 0.3 is 0 Å². The number of ether oxygens (including phenoxy) is 1. The molecule has 1 fully saturated rings. The fraction of sp³-hybridized carbons (Fsp3) is 0.250. The van der Waals surface area contributed by atoms with Crippen LogP contribution >= 0.6 is 12.4 Å². The molecule has 0 amide bonds. The number of benzene rings is 2. The lowest BCUT2D eigenvalue weighted by atomic mass is 10.0. The molecule has 0 saturated carbocycles. The number of piperazine rings is 1. The standard InChI is InChI=1S/C20H21N3O4S.ClH/c1-27-19-5-3-2-4-16(19)18-13-21-10-11-23(18)28(25,26)15-7-8-17-14(12-15)6-9-20(24)22-17;/h2-9,12,18,21H,10-11,13H2,1H3,(H,22,24);1H. The molecule has 0 radical (unpaired) electrons. The summed E-state index contributed by atoms with van der Waals surface area (Å²) in [4.78, 5) is 14.4. The van der Waals surface area contributed by atoms with Crippen molar-refractivity contribution < 1.29 is 13.2 Å². The number of pyridine rings is 1. The third-order valence-corrected chi connectivity index (χ3v) is 6.90. The second-order valence-electron chi connectivity index (χ2n) is 6.65. The Kier molecular flexibility index (Phi) is 6.28. The van der Waals surface area contributed by atoms with Crippen molar-refractivity contribution in [3.63, 3.8) is 0 Å².